The molecular formula is C19H31N3OS. The molecule has 2 rings (SSSR count). The molecule has 1 aromatic rings. The molecule has 0 unspecified atom stereocenters. The number of ketones is 1. The summed E-state index contributed by atoms with van der Waals surface area (Å²) in [4.78, 5) is 12.5. The lowest BCUT2D eigenvalue weighted by Gasteiger charge is -2.21. The molecule has 0 atom stereocenters. The molecule has 0 radical (unpaired) electrons. The highest BCUT2D eigenvalue weighted by Crippen LogP contribution is 2.25. The number of rotatable bonds is 5. The zero-order valence-electron chi connectivity index (χ0n) is 15.6. The SMILES string of the molecule is CC(=O)c1csc2c1CCNC2.CC/C(N)=C/C(=N)C(C)(C)CC. The molecule has 1 aliphatic heterocycles. The Bertz CT molecular complexity index is 614. The van der Waals surface area contributed by atoms with Crippen LogP contribution in [0.25, 0.3) is 0 Å². The summed E-state index contributed by atoms with van der Waals surface area (Å²) in [6.07, 6.45) is 4.58. The molecule has 2 heterocycles. The van der Waals surface area contributed by atoms with Gasteiger partial charge < -0.3 is 16.5 Å². The van der Waals surface area contributed by atoms with Gasteiger partial charge in [-0.05, 0) is 44.4 Å². The summed E-state index contributed by atoms with van der Waals surface area (Å²) in [5, 5.41) is 13.0. The molecule has 134 valence electrons. The molecule has 0 amide bonds. The Labute approximate surface area is 150 Å². The smallest absolute Gasteiger partial charge is 0.160 e. The first kappa shape index (κ1) is 20.6. The molecule has 0 fully saturated rings. The molecule has 4 N–H and O–H groups in total. The average molecular weight is 350 g/mol. The van der Waals surface area contributed by atoms with Crippen LogP contribution in [0.4, 0.5) is 0 Å². The highest BCUT2D eigenvalue weighted by molar-refractivity contribution is 7.10. The first-order valence-electron chi connectivity index (χ1n) is 8.58. The van der Waals surface area contributed by atoms with Crippen molar-refractivity contribution < 1.29 is 4.79 Å². The fourth-order valence-corrected chi connectivity index (χ4v) is 3.34. The number of Topliss-reactive ketones (excluding diaryl/α,β-unsaturated/α-hetero) is 1. The van der Waals surface area contributed by atoms with Gasteiger partial charge in [0.1, 0.15) is 0 Å². The van der Waals surface area contributed by atoms with Crippen LogP contribution in [-0.4, -0.2) is 18.0 Å². The lowest BCUT2D eigenvalue weighted by molar-refractivity contribution is 0.101. The lowest BCUT2D eigenvalue weighted by atomic mass is 9.84. The van der Waals surface area contributed by atoms with E-state index in [1.807, 2.05) is 12.3 Å². The summed E-state index contributed by atoms with van der Waals surface area (Å²) in [5.74, 6) is 0.203. The minimum atomic E-state index is -0.0419. The molecule has 0 aliphatic carbocycles. The van der Waals surface area contributed by atoms with Gasteiger partial charge in [-0.2, -0.15) is 0 Å². The van der Waals surface area contributed by atoms with Crippen LogP contribution in [-0.2, 0) is 13.0 Å². The van der Waals surface area contributed by atoms with E-state index in [0.717, 1.165) is 43.6 Å². The average Bonchev–Trinajstić information content (AvgIpc) is 2.99. The van der Waals surface area contributed by atoms with Gasteiger partial charge >= 0.3 is 0 Å². The van der Waals surface area contributed by atoms with Crippen molar-refractivity contribution in [3.05, 3.63) is 33.2 Å². The Morgan fingerprint density at radius 1 is 1.46 bits per heavy atom. The number of hydrogen-bond donors (Lipinski definition) is 3. The molecule has 0 bridgehead atoms. The van der Waals surface area contributed by atoms with Gasteiger partial charge in [-0.25, -0.2) is 0 Å². The summed E-state index contributed by atoms with van der Waals surface area (Å²) in [6, 6.07) is 0. The van der Waals surface area contributed by atoms with Gasteiger partial charge in [-0.15, -0.1) is 11.3 Å². The Kier molecular flexibility index (Phi) is 7.84. The van der Waals surface area contributed by atoms with E-state index in [9.17, 15) is 4.79 Å². The fraction of sp³-hybridized carbons (Fsp3) is 0.579. The third kappa shape index (κ3) is 5.56. The number of fused-ring (bicyclic) bond motifs is 1. The zero-order chi connectivity index (χ0) is 18.3. The number of carbonyl (C=O) groups is 1. The molecule has 1 aliphatic rings. The Morgan fingerprint density at radius 3 is 2.67 bits per heavy atom. The van der Waals surface area contributed by atoms with E-state index < -0.39 is 0 Å². The largest absolute Gasteiger partial charge is 0.402 e. The van der Waals surface area contributed by atoms with Gasteiger partial charge in [-0.3, -0.25) is 4.79 Å². The van der Waals surface area contributed by atoms with E-state index in [4.69, 9.17) is 11.1 Å². The second kappa shape index (κ2) is 9.14. The summed E-state index contributed by atoms with van der Waals surface area (Å²) in [5.41, 5.74) is 9.25. The van der Waals surface area contributed by atoms with Crippen LogP contribution in [0.2, 0.25) is 0 Å². The molecule has 0 spiro atoms. The molecule has 1 aromatic heterocycles. The van der Waals surface area contributed by atoms with E-state index >= 15 is 0 Å². The predicted molar refractivity (Wildman–Crippen MR) is 104 cm³/mol. The second-order valence-electron chi connectivity index (χ2n) is 6.76. The maximum Gasteiger partial charge on any atom is 0.160 e. The monoisotopic (exact) mass is 349 g/mol. The molecule has 0 aromatic carbocycles. The van der Waals surface area contributed by atoms with Crippen LogP contribution in [0.3, 0.4) is 0 Å². The van der Waals surface area contributed by atoms with E-state index in [1.165, 1.54) is 10.4 Å². The van der Waals surface area contributed by atoms with E-state index in [-0.39, 0.29) is 11.2 Å². The van der Waals surface area contributed by atoms with Crippen molar-refractivity contribution in [2.45, 2.75) is 60.4 Å². The number of thiophene rings is 1. The maximum absolute atomic E-state index is 11.2. The van der Waals surface area contributed by atoms with Crippen molar-refractivity contribution >= 4 is 22.8 Å². The van der Waals surface area contributed by atoms with E-state index in [0.29, 0.717) is 5.71 Å². The summed E-state index contributed by atoms with van der Waals surface area (Å²) in [6.45, 7) is 11.8. The van der Waals surface area contributed by atoms with Crippen molar-refractivity contribution in [1.82, 2.24) is 5.32 Å². The van der Waals surface area contributed by atoms with Gasteiger partial charge in [0.2, 0.25) is 0 Å². The third-order valence-corrected chi connectivity index (χ3v) is 5.58. The highest BCUT2D eigenvalue weighted by Gasteiger charge is 2.19. The number of nitrogens with two attached hydrogens (primary N) is 1. The molecule has 5 heteroatoms. The fourth-order valence-electron chi connectivity index (χ4n) is 2.23. The first-order chi connectivity index (χ1) is 11.2. The number of hydrogen-bond acceptors (Lipinski definition) is 5. The molecule has 24 heavy (non-hydrogen) atoms. The van der Waals surface area contributed by atoms with Crippen LogP contribution in [0, 0.1) is 10.8 Å². The highest BCUT2D eigenvalue weighted by atomic mass is 32.1. The van der Waals surface area contributed by atoms with Crippen molar-refractivity contribution in [3.8, 4) is 0 Å². The van der Waals surface area contributed by atoms with Crippen LogP contribution in [0.1, 0.15) is 68.3 Å². The molecule has 4 nitrogen and oxygen atoms in total. The number of carbonyl (C=O) groups excluding carboxylic acids is 1. The quantitative estimate of drug-likeness (QED) is 0.548. The summed E-state index contributed by atoms with van der Waals surface area (Å²) >= 11 is 1.70. The van der Waals surface area contributed by atoms with Gasteiger partial charge in [0.05, 0.1) is 0 Å². The topological polar surface area (TPSA) is 79.0 Å². The number of allylic oxidation sites excluding steroid dienone is 2. The minimum Gasteiger partial charge on any atom is -0.402 e. The van der Waals surface area contributed by atoms with Crippen LogP contribution < -0.4 is 11.1 Å². The lowest BCUT2D eigenvalue weighted by Crippen LogP contribution is -2.23. The van der Waals surface area contributed by atoms with Crippen molar-refractivity contribution in [3.63, 3.8) is 0 Å². The van der Waals surface area contributed by atoms with Gasteiger partial charge in [0, 0.05) is 39.2 Å². The normalized spacial score (nSPS) is 14.5. The van der Waals surface area contributed by atoms with E-state index in [2.05, 4.69) is 26.1 Å². The number of nitrogens with one attached hydrogen (secondary N) is 2. The Morgan fingerprint density at radius 2 is 2.12 bits per heavy atom. The van der Waals surface area contributed by atoms with Crippen LogP contribution in [0.15, 0.2) is 17.2 Å². The summed E-state index contributed by atoms with van der Waals surface area (Å²) < 4.78 is 0. The van der Waals surface area contributed by atoms with Gasteiger partial charge in [0.25, 0.3) is 0 Å². The maximum atomic E-state index is 11.2. The van der Waals surface area contributed by atoms with Crippen molar-refractivity contribution in [2.75, 3.05) is 6.54 Å². The van der Waals surface area contributed by atoms with Crippen molar-refractivity contribution in [2.24, 2.45) is 11.1 Å². The molecule has 0 saturated heterocycles. The Hall–Kier alpha value is -1.46. The van der Waals surface area contributed by atoms with Crippen molar-refractivity contribution in [1.29, 1.82) is 5.41 Å². The van der Waals surface area contributed by atoms with Gasteiger partial charge in [0.15, 0.2) is 5.78 Å². The summed E-state index contributed by atoms with van der Waals surface area (Å²) in [7, 11) is 0. The van der Waals surface area contributed by atoms with E-state index in [1.54, 1.807) is 24.3 Å². The van der Waals surface area contributed by atoms with Crippen LogP contribution >= 0.6 is 11.3 Å². The molecule has 0 saturated carbocycles. The first-order valence-corrected chi connectivity index (χ1v) is 9.46. The van der Waals surface area contributed by atoms with Gasteiger partial charge in [-0.1, -0.05) is 27.7 Å². The standard InChI is InChI=1S/C10H20N2.C9H11NOS/c1-5-8(11)7-9(12)10(3,4)6-2;1-6(11)8-5-12-9-4-10-3-2-7(8)9/h7,12H,5-6,11H2,1-4H3;5,10H,2-4H2,1H3/b8-7-,12-9?;. The Balaban J connectivity index is 0.000000240. The molecular weight excluding hydrogens is 318 g/mol. The second-order valence-corrected chi connectivity index (χ2v) is 7.72. The van der Waals surface area contributed by atoms with Crippen LogP contribution in [0.5, 0.6) is 0 Å². The predicted octanol–water partition coefficient (Wildman–Crippen LogP) is 4.29. The minimum absolute atomic E-state index is 0.0419. The third-order valence-electron chi connectivity index (χ3n) is 4.55. The zero-order valence-corrected chi connectivity index (χ0v) is 16.4.